The first-order valence-corrected chi connectivity index (χ1v) is 12.3. The number of benzene rings is 2. The van der Waals surface area contributed by atoms with Crippen LogP contribution in [0.25, 0.3) is 11.3 Å². The van der Waals surface area contributed by atoms with Gasteiger partial charge in [-0.3, -0.25) is 0 Å². The van der Waals surface area contributed by atoms with E-state index in [-0.39, 0.29) is 0 Å². The predicted molar refractivity (Wildman–Crippen MR) is 127 cm³/mol. The van der Waals surface area contributed by atoms with Crippen LogP contribution >= 0.6 is 23.2 Å². The first-order valence-electron chi connectivity index (χ1n) is 11.5. The molecule has 0 amide bonds. The molecule has 166 valence electrons. The molecule has 2 aliphatic carbocycles. The van der Waals surface area contributed by atoms with Crippen molar-refractivity contribution >= 4 is 23.2 Å². The van der Waals surface area contributed by atoms with E-state index < -0.39 is 0 Å². The highest BCUT2D eigenvalue weighted by Gasteiger charge is 2.39. The monoisotopic (exact) mass is 468 g/mol. The first kappa shape index (κ1) is 20.6. The van der Waals surface area contributed by atoms with Crippen molar-refractivity contribution in [3.05, 3.63) is 68.9 Å². The van der Waals surface area contributed by atoms with Gasteiger partial charge in [0.1, 0.15) is 23.8 Å². The average Bonchev–Trinajstić information content (AvgIpc) is 3.39. The van der Waals surface area contributed by atoms with E-state index in [4.69, 9.17) is 32.5 Å². The Balaban J connectivity index is 1.30. The fraction of sp³-hybridized carbons (Fsp3) is 0.423. The molecule has 1 aromatic heterocycles. The van der Waals surface area contributed by atoms with Crippen molar-refractivity contribution < 1.29 is 9.26 Å². The second-order valence-corrected chi connectivity index (χ2v) is 10.2. The molecule has 6 rings (SSSR count). The first-order chi connectivity index (χ1) is 15.6. The van der Waals surface area contributed by atoms with Crippen LogP contribution in [0.5, 0.6) is 5.75 Å². The highest BCUT2D eigenvalue weighted by molar-refractivity contribution is 6.39. The van der Waals surface area contributed by atoms with Gasteiger partial charge in [0.25, 0.3) is 0 Å². The van der Waals surface area contributed by atoms with Crippen LogP contribution in [0, 0.1) is 0 Å². The lowest BCUT2D eigenvalue weighted by atomic mass is 9.69. The van der Waals surface area contributed by atoms with Crippen LogP contribution in [-0.4, -0.2) is 18.2 Å². The van der Waals surface area contributed by atoms with Gasteiger partial charge in [-0.2, -0.15) is 0 Å². The van der Waals surface area contributed by atoms with Gasteiger partial charge < -0.3 is 14.6 Å². The number of rotatable bonds is 5. The number of nitrogens with zero attached hydrogens (tertiary/aromatic N) is 1. The molecule has 1 spiro atoms. The molecule has 1 atom stereocenters. The molecule has 3 aromatic rings. The van der Waals surface area contributed by atoms with Crippen LogP contribution < -0.4 is 10.1 Å². The zero-order valence-electron chi connectivity index (χ0n) is 17.9. The Kier molecular flexibility index (Phi) is 5.20. The van der Waals surface area contributed by atoms with E-state index in [0.717, 1.165) is 49.4 Å². The molecule has 1 aliphatic heterocycles. The summed E-state index contributed by atoms with van der Waals surface area (Å²) in [5.41, 5.74) is 5.61. The van der Waals surface area contributed by atoms with E-state index in [1.54, 1.807) is 0 Å². The highest BCUT2D eigenvalue weighted by atomic mass is 35.5. The lowest BCUT2D eigenvalue weighted by molar-refractivity contribution is 0.299. The molecule has 3 aliphatic rings. The second kappa shape index (κ2) is 8.09. The SMILES string of the molecule is Clc1cccc(Cl)c1-c1noc(C2CC2)c1COc1ccc2c(c1)CCCC21CCNC1. The zero-order valence-corrected chi connectivity index (χ0v) is 19.4. The molecule has 1 saturated heterocycles. The molecule has 4 nitrogen and oxygen atoms in total. The lowest BCUT2D eigenvalue weighted by Gasteiger charge is -2.35. The standard InChI is InChI=1S/C26H26Cl2N2O2/c27-21-4-1-5-22(28)23(21)24-19(25(32-30-24)16-6-7-16)14-31-18-8-9-20-17(13-18)3-2-10-26(20)11-12-29-15-26/h1,4-5,8-9,13,16,29H,2-3,6-7,10-12,14-15H2. The number of ether oxygens (including phenoxy) is 1. The minimum absolute atomic E-state index is 0.313. The van der Waals surface area contributed by atoms with E-state index in [9.17, 15) is 0 Å². The van der Waals surface area contributed by atoms with Gasteiger partial charge >= 0.3 is 0 Å². The van der Waals surface area contributed by atoms with Crippen LogP contribution in [0.4, 0.5) is 0 Å². The van der Waals surface area contributed by atoms with E-state index in [2.05, 4.69) is 28.7 Å². The molecule has 0 radical (unpaired) electrons. The average molecular weight is 469 g/mol. The minimum Gasteiger partial charge on any atom is -0.489 e. The third-order valence-corrected chi connectivity index (χ3v) is 7.97. The predicted octanol–water partition coefficient (Wildman–Crippen LogP) is 6.67. The number of aryl methyl sites for hydroxylation is 1. The third-order valence-electron chi connectivity index (χ3n) is 7.34. The Morgan fingerprint density at radius 3 is 2.72 bits per heavy atom. The molecule has 2 heterocycles. The Bertz CT molecular complexity index is 1140. The van der Waals surface area contributed by atoms with Gasteiger partial charge in [0, 0.05) is 23.4 Å². The van der Waals surface area contributed by atoms with Crippen LogP contribution in [0.2, 0.25) is 10.0 Å². The van der Waals surface area contributed by atoms with Crippen molar-refractivity contribution in [2.75, 3.05) is 13.1 Å². The molecule has 32 heavy (non-hydrogen) atoms. The number of hydrogen-bond donors (Lipinski definition) is 1. The Hall–Kier alpha value is -2.01. The minimum atomic E-state index is 0.313. The fourth-order valence-electron chi connectivity index (χ4n) is 5.53. The zero-order chi connectivity index (χ0) is 21.7. The summed E-state index contributed by atoms with van der Waals surface area (Å²) in [6.07, 6.45) is 7.11. The summed E-state index contributed by atoms with van der Waals surface area (Å²) in [4.78, 5) is 0. The Morgan fingerprint density at radius 2 is 1.97 bits per heavy atom. The summed E-state index contributed by atoms with van der Waals surface area (Å²) in [7, 11) is 0. The van der Waals surface area contributed by atoms with E-state index in [0.29, 0.717) is 39.2 Å². The summed E-state index contributed by atoms with van der Waals surface area (Å²) in [6.45, 7) is 2.59. The summed E-state index contributed by atoms with van der Waals surface area (Å²) < 4.78 is 12.1. The molecule has 2 aromatic carbocycles. The largest absolute Gasteiger partial charge is 0.489 e. The van der Waals surface area contributed by atoms with Crippen molar-refractivity contribution in [2.45, 2.75) is 56.5 Å². The van der Waals surface area contributed by atoms with Gasteiger partial charge in [-0.05, 0) is 80.5 Å². The number of hydrogen-bond acceptors (Lipinski definition) is 4. The van der Waals surface area contributed by atoms with Gasteiger partial charge in [-0.15, -0.1) is 0 Å². The van der Waals surface area contributed by atoms with E-state index >= 15 is 0 Å². The molecule has 0 bridgehead atoms. The smallest absolute Gasteiger partial charge is 0.147 e. The van der Waals surface area contributed by atoms with Crippen LogP contribution in [0.1, 0.15) is 60.5 Å². The lowest BCUT2D eigenvalue weighted by Crippen LogP contribution is -2.33. The third kappa shape index (κ3) is 3.53. The number of nitrogens with one attached hydrogen (secondary N) is 1. The Morgan fingerprint density at radius 1 is 1.12 bits per heavy atom. The summed E-state index contributed by atoms with van der Waals surface area (Å²) in [5.74, 6) is 2.21. The van der Waals surface area contributed by atoms with Crippen molar-refractivity contribution in [1.29, 1.82) is 0 Å². The second-order valence-electron chi connectivity index (χ2n) is 9.41. The molecule has 2 fully saturated rings. The van der Waals surface area contributed by atoms with Crippen LogP contribution in [-0.2, 0) is 18.4 Å². The maximum absolute atomic E-state index is 6.48. The maximum Gasteiger partial charge on any atom is 0.147 e. The fourth-order valence-corrected chi connectivity index (χ4v) is 6.10. The van der Waals surface area contributed by atoms with Crippen molar-refractivity contribution in [2.24, 2.45) is 0 Å². The molecule has 1 saturated carbocycles. The summed E-state index contributed by atoms with van der Waals surface area (Å²) >= 11 is 13.0. The molecule has 1 unspecified atom stereocenters. The quantitative estimate of drug-likeness (QED) is 0.453. The van der Waals surface area contributed by atoms with Gasteiger partial charge in [0.15, 0.2) is 0 Å². The topological polar surface area (TPSA) is 47.3 Å². The van der Waals surface area contributed by atoms with Crippen LogP contribution in [0.15, 0.2) is 40.9 Å². The van der Waals surface area contributed by atoms with Crippen molar-refractivity contribution in [3.63, 3.8) is 0 Å². The van der Waals surface area contributed by atoms with Gasteiger partial charge in [-0.1, -0.05) is 40.5 Å². The van der Waals surface area contributed by atoms with Gasteiger partial charge in [0.05, 0.1) is 15.6 Å². The molecular formula is C26H26Cl2N2O2. The molecular weight excluding hydrogens is 443 g/mol. The number of aromatic nitrogens is 1. The number of halogens is 2. The summed E-state index contributed by atoms with van der Waals surface area (Å²) in [5, 5.41) is 9.07. The van der Waals surface area contributed by atoms with Crippen molar-refractivity contribution in [1.82, 2.24) is 10.5 Å². The summed E-state index contributed by atoms with van der Waals surface area (Å²) in [6, 6.07) is 12.1. The maximum atomic E-state index is 6.48. The van der Waals surface area contributed by atoms with E-state index in [1.165, 1.54) is 30.4 Å². The highest BCUT2D eigenvalue weighted by Crippen LogP contribution is 2.46. The van der Waals surface area contributed by atoms with Crippen LogP contribution in [0.3, 0.4) is 0 Å². The van der Waals surface area contributed by atoms with Gasteiger partial charge in [-0.25, -0.2) is 0 Å². The molecule has 1 N–H and O–H groups in total. The van der Waals surface area contributed by atoms with Crippen molar-refractivity contribution in [3.8, 4) is 17.0 Å². The Labute approximate surface area is 198 Å². The number of fused-ring (bicyclic) bond motifs is 2. The normalized spacial score (nSPS) is 22.3. The van der Waals surface area contributed by atoms with E-state index in [1.807, 2.05) is 18.2 Å². The van der Waals surface area contributed by atoms with Gasteiger partial charge in [0.2, 0.25) is 0 Å². The molecule has 6 heteroatoms.